The average Bonchev–Trinajstić information content (AvgIpc) is 3.23. The van der Waals surface area contributed by atoms with E-state index in [0.29, 0.717) is 12.6 Å². The summed E-state index contributed by atoms with van der Waals surface area (Å²) in [5, 5.41) is 12.0. The SMILES string of the molecule is CCNC(=NCCc1nnc2ccccn12)N1CCN(C(CC)c2ccccc2)CC1.I. The van der Waals surface area contributed by atoms with E-state index < -0.39 is 0 Å². The number of benzene rings is 1. The number of pyridine rings is 1. The van der Waals surface area contributed by atoms with E-state index >= 15 is 0 Å². The van der Waals surface area contributed by atoms with Crippen molar-refractivity contribution in [2.75, 3.05) is 39.3 Å². The molecule has 0 radical (unpaired) electrons. The zero-order valence-electron chi connectivity index (χ0n) is 19.0. The molecule has 8 heteroatoms. The third-order valence-corrected chi connectivity index (χ3v) is 5.94. The van der Waals surface area contributed by atoms with Crippen molar-refractivity contribution in [2.24, 2.45) is 4.99 Å². The van der Waals surface area contributed by atoms with Crippen LogP contribution in [0, 0.1) is 0 Å². The van der Waals surface area contributed by atoms with Gasteiger partial charge >= 0.3 is 0 Å². The number of aliphatic imine (C=N–C) groups is 1. The van der Waals surface area contributed by atoms with Crippen LogP contribution in [0.4, 0.5) is 0 Å². The molecule has 1 aliphatic rings. The second-order valence-electron chi connectivity index (χ2n) is 7.89. The second-order valence-corrected chi connectivity index (χ2v) is 7.89. The maximum Gasteiger partial charge on any atom is 0.194 e. The Morgan fingerprint density at radius 2 is 1.75 bits per heavy atom. The van der Waals surface area contributed by atoms with Crippen LogP contribution in [-0.4, -0.2) is 69.6 Å². The number of nitrogens with one attached hydrogen (secondary N) is 1. The number of guanidine groups is 1. The highest BCUT2D eigenvalue weighted by atomic mass is 127. The van der Waals surface area contributed by atoms with Crippen molar-refractivity contribution in [2.45, 2.75) is 32.7 Å². The molecule has 4 rings (SSSR count). The van der Waals surface area contributed by atoms with Crippen molar-refractivity contribution in [1.29, 1.82) is 0 Å². The third-order valence-electron chi connectivity index (χ3n) is 5.94. The lowest BCUT2D eigenvalue weighted by molar-refractivity contribution is 0.127. The smallest absolute Gasteiger partial charge is 0.194 e. The first-order valence-corrected chi connectivity index (χ1v) is 11.4. The number of aromatic nitrogens is 3. The Bertz CT molecular complexity index is 980. The fraction of sp³-hybridized carbons (Fsp3) is 0.458. The molecule has 32 heavy (non-hydrogen) atoms. The van der Waals surface area contributed by atoms with Gasteiger partial charge in [-0.25, -0.2) is 0 Å². The predicted molar refractivity (Wildman–Crippen MR) is 141 cm³/mol. The van der Waals surface area contributed by atoms with Gasteiger partial charge in [-0.3, -0.25) is 14.3 Å². The van der Waals surface area contributed by atoms with E-state index in [1.165, 1.54) is 5.56 Å². The molecule has 1 N–H and O–H groups in total. The molecule has 1 atom stereocenters. The van der Waals surface area contributed by atoms with Crippen LogP contribution < -0.4 is 5.32 Å². The molecule has 0 amide bonds. The van der Waals surface area contributed by atoms with Crippen LogP contribution in [-0.2, 0) is 6.42 Å². The molecule has 1 unspecified atom stereocenters. The minimum absolute atomic E-state index is 0. The zero-order valence-corrected chi connectivity index (χ0v) is 21.4. The van der Waals surface area contributed by atoms with Gasteiger partial charge in [0.1, 0.15) is 5.82 Å². The predicted octanol–water partition coefficient (Wildman–Crippen LogP) is 3.62. The number of hydrogen-bond donors (Lipinski definition) is 1. The van der Waals surface area contributed by atoms with Gasteiger partial charge in [-0.1, -0.05) is 43.3 Å². The van der Waals surface area contributed by atoms with Gasteiger partial charge in [0.05, 0.1) is 0 Å². The summed E-state index contributed by atoms with van der Waals surface area (Å²) in [4.78, 5) is 9.90. The van der Waals surface area contributed by atoms with E-state index in [0.717, 1.165) is 63.0 Å². The van der Waals surface area contributed by atoms with Crippen LogP contribution in [0.2, 0.25) is 0 Å². The maximum atomic E-state index is 4.90. The van der Waals surface area contributed by atoms with Crippen molar-refractivity contribution >= 4 is 35.6 Å². The molecule has 7 nitrogen and oxygen atoms in total. The lowest BCUT2D eigenvalue weighted by atomic mass is 10.0. The molecule has 0 bridgehead atoms. The van der Waals surface area contributed by atoms with Gasteiger partial charge in [0.15, 0.2) is 11.6 Å². The van der Waals surface area contributed by atoms with Crippen molar-refractivity contribution in [3.63, 3.8) is 0 Å². The lowest BCUT2D eigenvalue weighted by Gasteiger charge is -2.40. The molecule has 1 saturated heterocycles. The monoisotopic (exact) mass is 547 g/mol. The van der Waals surface area contributed by atoms with Gasteiger partial charge in [-0.05, 0) is 31.0 Å². The third kappa shape index (κ3) is 5.78. The van der Waals surface area contributed by atoms with Crippen molar-refractivity contribution < 1.29 is 0 Å². The van der Waals surface area contributed by atoms with Crippen LogP contribution in [0.1, 0.15) is 37.7 Å². The Morgan fingerprint density at radius 3 is 2.47 bits per heavy atom. The van der Waals surface area contributed by atoms with E-state index in [4.69, 9.17) is 4.99 Å². The molecule has 0 spiro atoms. The Labute approximate surface area is 207 Å². The van der Waals surface area contributed by atoms with E-state index in [-0.39, 0.29) is 24.0 Å². The summed E-state index contributed by atoms with van der Waals surface area (Å²) >= 11 is 0. The van der Waals surface area contributed by atoms with Gasteiger partial charge in [0.25, 0.3) is 0 Å². The second kappa shape index (κ2) is 12.2. The highest BCUT2D eigenvalue weighted by molar-refractivity contribution is 14.0. The minimum Gasteiger partial charge on any atom is -0.357 e. The topological polar surface area (TPSA) is 61.1 Å². The maximum absolute atomic E-state index is 4.90. The molecule has 172 valence electrons. The highest BCUT2D eigenvalue weighted by Crippen LogP contribution is 2.25. The first-order chi connectivity index (χ1) is 15.3. The van der Waals surface area contributed by atoms with Crippen molar-refractivity contribution in [3.8, 4) is 0 Å². The molecule has 0 aliphatic carbocycles. The van der Waals surface area contributed by atoms with Gasteiger partial charge in [0, 0.05) is 57.9 Å². The Balaban J connectivity index is 0.00000289. The molecule has 1 aromatic carbocycles. The molecule has 2 aromatic heterocycles. The summed E-state index contributed by atoms with van der Waals surface area (Å²) in [5.41, 5.74) is 2.30. The van der Waals surface area contributed by atoms with Crippen LogP contribution in [0.15, 0.2) is 59.7 Å². The fourth-order valence-corrected chi connectivity index (χ4v) is 4.37. The number of hydrogen-bond acceptors (Lipinski definition) is 4. The first kappa shape index (κ1) is 24.4. The molecule has 1 fully saturated rings. The Hall–Kier alpha value is -2.20. The molecular weight excluding hydrogens is 513 g/mol. The standard InChI is InChI=1S/C24H33N7.HI/c1-3-21(20-10-6-5-7-11-20)29-16-18-30(19-17-29)24(25-4-2)26-14-13-23-28-27-22-12-8-9-15-31(22)23;/h5-12,15,21H,3-4,13-14,16-19H2,1-2H3,(H,25,26);1H. The number of halogens is 1. The van der Waals surface area contributed by atoms with Crippen LogP contribution >= 0.6 is 24.0 Å². The van der Waals surface area contributed by atoms with Crippen LogP contribution in [0.3, 0.4) is 0 Å². The van der Waals surface area contributed by atoms with Gasteiger partial charge < -0.3 is 10.2 Å². The largest absolute Gasteiger partial charge is 0.357 e. The molecule has 3 aromatic rings. The van der Waals surface area contributed by atoms with Crippen LogP contribution in [0.5, 0.6) is 0 Å². The molecular formula is C24H34IN7. The van der Waals surface area contributed by atoms with E-state index in [2.05, 4.69) is 69.5 Å². The van der Waals surface area contributed by atoms with Crippen molar-refractivity contribution in [1.82, 2.24) is 29.7 Å². The molecule has 0 saturated carbocycles. The van der Waals surface area contributed by atoms with Crippen molar-refractivity contribution in [3.05, 3.63) is 66.1 Å². The quantitative estimate of drug-likeness (QED) is 0.278. The highest BCUT2D eigenvalue weighted by Gasteiger charge is 2.25. The summed E-state index contributed by atoms with van der Waals surface area (Å²) in [5.74, 6) is 1.96. The first-order valence-electron chi connectivity index (χ1n) is 11.4. The summed E-state index contributed by atoms with van der Waals surface area (Å²) in [6.45, 7) is 10.0. The van der Waals surface area contributed by atoms with E-state index in [1.54, 1.807) is 0 Å². The Kier molecular flexibility index (Phi) is 9.28. The normalized spacial score (nSPS) is 16.1. The minimum atomic E-state index is 0. The summed E-state index contributed by atoms with van der Waals surface area (Å²) < 4.78 is 2.04. The summed E-state index contributed by atoms with van der Waals surface area (Å²) in [6, 6.07) is 17.3. The molecule has 1 aliphatic heterocycles. The van der Waals surface area contributed by atoms with E-state index in [9.17, 15) is 0 Å². The number of rotatable bonds is 7. The van der Waals surface area contributed by atoms with Crippen LogP contribution in [0.25, 0.3) is 5.65 Å². The van der Waals surface area contributed by atoms with Gasteiger partial charge in [-0.15, -0.1) is 34.2 Å². The van der Waals surface area contributed by atoms with E-state index in [1.807, 2.05) is 28.8 Å². The number of fused-ring (bicyclic) bond motifs is 1. The molecule has 3 heterocycles. The van der Waals surface area contributed by atoms with Gasteiger partial charge in [0.2, 0.25) is 0 Å². The fourth-order valence-electron chi connectivity index (χ4n) is 4.37. The zero-order chi connectivity index (χ0) is 21.5. The summed E-state index contributed by atoms with van der Waals surface area (Å²) in [7, 11) is 0. The Morgan fingerprint density at radius 1 is 1.00 bits per heavy atom. The average molecular weight is 547 g/mol. The number of nitrogens with zero attached hydrogens (tertiary/aromatic N) is 6. The summed E-state index contributed by atoms with van der Waals surface area (Å²) in [6.07, 6.45) is 3.91. The lowest BCUT2D eigenvalue weighted by Crippen LogP contribution is -2.53. The van der Waals surface area contributed by atoms with Gasteiger partial charge in [-0.2, -0.15) is 0 Å². The number of piperazine rings is 1.